The molecule has 138 valence electrons. The van der Waals surface area contributed by atoms with Gasteiger partial charge < -0.3 is 20.3 Å². The molecule has 1 saturated heterocycles. The fourth-order valence-corrected chi connectivity index (χ4v) is 3.67. The zero-order valence-electron chi connectivity index (χ0n) is 13.9. The van der Waals surface area contributed by atoms with Crippen molar-refractivity contribution in [3.63, 3.8) is 0 Å². The van der Waals surface area contributed by atoms with Gasteiger partial charge in [-0.3, -0.25) is 14.5 Å². The second-order valence-electron chi connectivity index (χ2n) is 5.18. The highest BCUT2D eigenvalue weighted by molar-refractivity contribution is 8.26. The van der Waals surface area contributed by atoms with Crippen molar-refractivity contribution < 1.29 is 29.0 Å². The Hall–Kier alpha value is -2.59. The summed E-state index contributed by atoms with van der Waals surface area (Å²) in [4.78, 5) is 36.3. The van der Waals surface area contributed by atoms with Gasteiger partial charge in [0.2, 0.25) is 5.91 Å². The number of hydrogen-bond donors (Lipinski definition) is 2. The van der Waals surface area contributed by atoms with E-state index in [0.717, 1.165) is 16.7 Å². The maximum atomic E-state index is 12.7. The molecule has 0 spiro atoms. The van der Waals surface area contributed by atoms with E-state index >= 15 is 0 Å². The van der Waals surface area contributed by atoms with Crippen LogP contribution in [-0.2, 0) is 14.4 Å². The summed E-state index contributed by atoms with van der Waals surface area (Å²) < 4.78 is 10.5. The Morgan fingerprint density at radius 2 is 2.08 bits per heavy atom. The minimum Gasteiger partial charge on any atom is -0.497 e. The van der Waals surface area contributed by atoms with Crippen molar-refractivity contribution in [1.82, 2.24) is 4.90 Å². The number of carbonyl (C=O) groups is 3. The van der Waals surface area contributed by atoms with Crippen molar-refractivity contribution in [3.05, 3.63) is 28.7 Å². The first-order chi connectivity index (χ1) is 12.3. The fraction of sp³-hybridized carbons (Fsp3) is 0.250. The van der Waals surface area contributed by atoms with E-state index in [1.54, 1.807) is 18.2 Å². The van der Waals surface area contributed by atoms with Crippen LogP contribution >= 0.6 is 24.0 Å². The summed E-state index contributed by atoms with van der Waals surface area (Å²) in [5.41, 5.74) is 5.65. The van der Waals surface area contributed by atoms with Gasteiger partial charge in [-0.2, -0.15) is 0 Å². The van der Waals surface area contributed by atoms with Gasteiger partial charge in [0, 0.05) is 5.56 Å². The molecule has 2 amide bonds. The minimum atomic E-state index is -1.45. The number of thiocarbonyl (C=S) groups is 1. The van der Waals surface area contributed by atoms with E-state index in [4.69, 9.17) is 27.4 Å². The predicted molar refractivity (Wildman–Crippen MR) is 99.8 cm³/mol. The van der Waals surface area contributed by atoms with Crippen LogP contribution in [0.15, 0.2) is 23.1 Å². The highest BCUT2D eigenvalue weighted by Gasteiger charge is 2.41. The molecule has 1 heterocycles. The van der Waals surface area contributed by atoms with Crippen LogP contribution in [-0.4, -0.2) is 52.4 Å². The molecule has 3 N–H and O–H groups in total. The number of amides is 2. The Labute approximate surface area is 158 Å². The summed E-state index contributed by atoms with van der Waals surface area (Å²) in [6, 6.07) is 3.61. The summed E-state index contributed by atoms with van der Waals surface area (Å²) >= 11 is 6.06. The maximum absolute atomic E-state index is 12.7. The number of nitrogens with two attached hydrogens (primary N) is 1. The van der Waals surface area contributed by atoms with E-state index < -0.39 is 30.2 Å². The van der Waals surface area contributed by atoms with E-state index in [-0.39, 0.29) is 9.23 Å². The second kappa shape index (κ2) is 8.19. The summed E-state index contributed by atoms with van der Waals surface area (Å²) in [5.74, 6) is -1.75. The molecule has 0 bridgehead atoms. The number of carboxylic acid groups (broad SMARTS) is 1. The van der Waals surface area contributed by atoms with Gasteiger partial charge in [-0.1, -0.05) is 24.0 Å². The van der Waals surface area contributed by atoms with Gasteiger partial charge in [0.05, 0.1) is 25.5 Å². The van der Waals surface area contributed by atoms with Crippen molar-refractivity contribution in [2.45, 2.75) is 12.5 Å². The van der Waals surface area contributed by atoms with Crippen LogP contribution in [0.2, 0.25) is 0 Å². The molecule has 1 aliphatic heterocycles. The van der Waals surface area contributed by atoms with E-state index in [1.165, 1.54) is 20.3 Å². The van der Waals surface area contributed by atoms with Crippen LogP contribution in [0, 0.1) is 0 Å². The van der Waals surface area contributed by atoms with Crippen LogP contribution in [0.3, 0.4) is 0 Å². The lowest BCUT2D eigenvalue weighted by Crippen LogP contribution is -2.46. The van der Waals surface area contributed by atoms with Gasteiger partial charge in [0.15, 0.2) is 0 Å². The Kier molecular flexibility index (Phi) is 6.22. The normalized spacial score (nSPS) is 16.7. The van der Waals surface area contributed by atoms with Crippen molar-refractivity contribution in [1.29, 1.82) is 0 Å². The number of ether oxygens (including phenoxy) is 2. The lowest BCUT2D eigenvalue weighted by atomic mass is 10.1. The molecule has 1 aliphatic rings. The second-order valence-corrected chi connectivity index (χ2v) is 6.86. The average Bonchev–Trinajstić information content (AvgIpc) is 2.86. The molecule has 10 heteroatoms. The lowest BCUT2D eigenvalue weighted by molar-refractivity contribution is -0.146. The van der Waals surface area contributed by atoms with Crippen molar-refractivity contribution in [2.75, 3.05) is 14.2 Å². The minimum absolute atomic E-state index is 0.0387. The van der Waals surface area contributed by atoms with Crippen molar-refractivity contribution >= 4 is 52.2 Å². The smallest absolute Gasteiger partial charge is 0.327 e. The number of rotatable bonds is 7. The molecule has 1 fully saturated rings. The quantitative estimate of drug-likeness (QED) is 0.522. The Morgan fingerprint density at radius 3 is 2.62 bits per heavy atom. The fourth-order valence-electron chi connectivity index (χ4n) is 2.32. The van der Waals surface area contributed by atoms with E-state index in [0.29, 0.717) is 17.1 Å². The van der Waals surface area contributed by atoms with Gasteiger partial charge in [0.1, 0.15) is 21.9 Å². The number of thioether (sulfide) groups is 1. The van der Waals surface area contributed by atoms with Gasteiger partial charge in [0.25, 0.3) is 5.91 Å². The zero-order chi connectivity index (χ0) is 19.4. The molecule has 0 saturated carbocycles. The third-order valence-corrected chi connectivity index (χ3v) is 4.87. The van der Waals surface area contributed by atoms with E-state index in [1.807, 2.05) is 0 Å². The third kappa shape index (κ3) is 4.14. The topological polar surface area (TPSA) is 119 Å². The number of primary amides is 1. The molecule has 1 aromatic rings. The highest BCUT2D eigenvalue weighted by Crippen LogP contribution is 2.36. The number of hydrogen-bond acceptors (Lipinski definition) is 7. The molecule has 26 heavy (non-hydrogen) atoms. The van der Waals surface area contributed by atoms with E-state index in [2.05, 4.69) is 0 Å². The van der Waals surface area contributed by atoms with E-state index in [9.17, 15) is 19.5 Å². The average molecular weight is 396 g/mol. The van der Waals surface area contributed by atoms with Gasteiger partial charge in [-0.15, -0.1) is 0 Å². The number of methoxy groups -OCH3 is 2. The first-order valence-corrected chi connectivity index (χ1v) is 8.51. The molecule has 0 aliphatic carbocycles. The van der Waals surface area contributed by atoms with Crippen LogP contribution in [0.25, 0.3) is 6.08 Å². The number of carboxylic acids is 1. The Morgan fingerprint density at radius 1 is 1.38 bits per heavy atom. The van der Waals surface area contributed by atoms with Gasteiger partial charge in [-0.05, 0) is 24.3 Å². The van der Waals surface area contributed by atoms with Gasteiger partial charge in [-0.25, -0.2) is 4.79 Å². The van der Waals surface area contributed by atoms with Gasteiger partial charge >= 0.3 is 5.97 Å². The third-order valence-electron chi connectivity index (χ3n) is 3.54. The monoisotopic (exact) mass is 396 g/mol. The maximum Gasteiger partial charge on any atom is 0.327 e. The van der Waals surface area contributed by atoms with Crippen molar-refractivity contribution in [3.8, 4) is 11.5 Å². The molecule has 1 aromatic carbocycles. The predicted octanol–water partition coefficient (Wildman–Crippen LogP) is 1.23. The summed E-state index contributed by atoms with van der Waals surface area (Å²) in [5, 5.41) is 9.32. The van der Waals surface area contributed by atoms with Crippen LogP contribution < -0.4 is 15.2 Å². The number of carbonyl (C=O) groups excluding carboxylic acids is 2. The van der Waals surface area contributed by atoms with Crippen LogP contribution in [0.5, 0.6) is 11.5 Å². The van der Waals surface area contributed by atoms with Crippen molar-refractivity contribution in [2.24, 2.45) is 5.73 Å². The standard InChI is InChI=1S/C16H16N2O6S2/c1-23-9-3-4-11(24-2)8(5-9)6-12-14(20)18(16(25)26-12)10(15(21)22)7-13(17)19/h3-6,10H,7H2,1-2H3,(H2,17,19)(H,21,22)/b12-6-. The van der Waals surface area contributed by atoms with Crippen LogP contribution in [0.1, 0.15) is 12.0 Å². The Balaban J connectivity index is 2.40. The summed E-state index contributed by atoms with van der Waals surface area (Å²) in [6.07, 6.45) is 1.00. The van der Waals surface area contributed by atoms with Crippen LogP contribution in [0.4, 0.5) is 0 Å². The molecule has 2 rings (SSSR count). The lowest BCUT2D eigenvalue weighted by Gasteiger charge is -2.21. The summed E-state index contributed by atoms with van der Waals surface area (Å²) in [7, 11) is 2.99. The number of benzene rings is 1. The largest absolute Gasteiger partial charge is 0.497 e. The first-order valence-electron chi connectivity index (χ1n) is 7.28. The molecule has 0 radical (unpaired) electrons. The molecular formula is C16H16N2O6S2. The number of nitrogens with zero attached hydrogens (tertiary/aromatic N) is 1. The first kappa shape index (κ1) is 19.7. The molecule has 8 nitrogen and oxygen atoms in total. The Bertz CT molecular complexity index is 808. The molecule has 1 unspecified atom stereocenters. The zero-order valence-corrected chi connectivity index (χ0v) is 15.6. The SMILES string of the molecule is COc1ccc(OC)c(/C=C2\SC(=S)N(C(CC(N)=O)C(=O)O)C2=O)c1. The molecular weight excluding hydrogens is 380 g/mol. The number of aliphatic carboxylic acids is 1. The molecule has 0 aromatic heterocycles. The molecule has 1 atom stereocenters. The highest BCUT2D eigenvalue weighted by atomic mass is 32.2. The summed E-state index contributed by atoms with van der Waals surface area (Å²) in [6.45, 7) is 0.